The van der Waals surface area contributed by atoms with Crippen LogP contribution in [0.2, 0.25) is 5.02 Å². The second-order valence-corrected chi connectivity index (χ2v) is 9.88. The molecule has 3 aromatic rings. The molecule has 4 N–H and O–H groups in total. The second-order valence-electron chi connectivity index (χ2n) is 9.44. The lowest BCUT2D eigenvalue weighted by Crippen LogP contribution is -2.15. The monoisotopic (exact) mass is 556 g/mol. The molecule has 3 aromatic carbocycles. The summed E-state index contributed by atoms with van der Waals surface area (Å²) in [5.74, 6) is -0.576. The van der Waals surface area contributed by atoms with Crippen LogP contribution in [0.15, 0.2) is 66.7 Å². The Bertz CT molecular complexity index is 1140. The molecule has 0 aromatic heterocycles. The van der Waals surface area contributed by atoms with Gasteiger partial charge in [0.1, 0.15) is 0 Å². The zero-order valence-corrected chi connectivity index (χ0v) is 23.7. The topological polar surface area (TPSA) is 116 Å². The molecule has 0 radical (unpaired) electrons. The van der Waals surface area contributed by atoms with Crippen LogP contribution in [0.4, 0.5) is 0 Å². The molecule has 0 atom stereocenters. The maximum absolute atomic E-state index is 12.6. The zero-order valence-electron chi connectivity index (χ0n) is 22.9. The smallest absolute Gasteiger partial charge is 0.315 e. The highest BCUT2D eigenvalue weighted by molar-refractivity contribution is 6.30. The van der Waals surface area contributed by atoms with Gasteiger partial charge in [-0.2, -0.15) is 0 Å². The van der Waals surface area contributed by atoms with Gasteiger partial charge in [0, 0.05) is 11.1 Å². The van der Waals surface area contributed by atoms with E-state index in [1.54, 1.807) is 12.1 Å². The van der Waals surface area contributed by atoms with E-state index in [1.807, 2.05) is 24.3 Å². The Kier molecular flexibility index (Phi) is 15.8. The van der Waals surface area contributed by atoms with Crippen LogP contribution < -0.4 is 9.47 Å². The second kappa shape index (κ2) is 18.2. The normalized spacial score (nSPS) is 10.2. The molecule has 6 nitrogen and oxygen atoms in total. The Labute approximate surface area is 236 Å². The largest absolute Gasteiger partial charge is 0.422 e. The Morgan fingerprint density at radius 2 is 1.00 bits per heavy atom. The third-order valence-electron chi connectivity index (χ3n) is 6.23. The van der Waals surface area contributed by atoms with Crippen LogP contribution in [0.25, 0.3) is 0 Å². The van der Waals surface area contributed by atoms with E-state index < -0.39 is 11.9 Å². The van der Waals surface area contributed by atoms with E-state index in [2.05, 4.69) is 38.1 Å². The van der Waals surface area contributed by atoms with Crippen molar-refractivity contribution in [2.75, 3.05) is 0 Å². The molecule has 0 aliphatic rings. The maximum Gasteiger partial charge on any atom is 0.315 e. The van der Waals surface area contributed by atoms with E-state index in [9.17, 15) is 9.59 Å². The van der Waals surface area contributed by atoms with Crippen LogP contribution in [0.1, 0.15) is 74.6 Å². The summed E-state index contributed by atoms with van der Waals surface area (Å²) in [7, 11) is 0. The Hall–Kier alpha value is -3.19. The third-order valence-corrected chi connectivity index (χ3v) is 6.47. The number of rotatable bonds is 14. The lowest BCUT2D eigenvalue weighted by atomic mass is 10.0. The predicted octanol–water partition coefficient (Wildman–Crippen LogP) is 6.45. The average molecular weight is 557 g/mol. The average Bonchev–Trinajstić information content (AvgIpc) is 2.88. The molecule has 0 spiro atoms. The molecule has 39 heavy (non-hydrogen) atoms. The van der Waals surface area contributed by atoms with Gasteiger partial charge in [-0.1, -0.05) is 99.7 Å². The number of hydrogen-bond acceptors (Lipinski definition) is 4. The molecule has 0 heterocycles. The van der Waals surface area contributed by atoms with E-state index in [4.69, 9.17) is 21.1 Å². The van der Waals surface area contributed by atoms with Gasteiger partial charge in [-0.3, -0.25) is 9.59 Å². The summed E-state index contributed by atoms with van der Waals surface area (Å²) in [6.45, 7) is 4.38. The molecule has 0 aliphatic carbocycles. The lowest BCUT2D eigenvalue weighted by Gasteiger charge is -2.11. The molecular weight excluding hydrogens is 516 g/mol. The minimum atomic E-state index is -0.447. The molecular formula is C32H41ClO6. The van der Waals surface area contributed by atoms with Gasteiger partial charge in [-0.15, -0.1) is 0 Å². The summed E-state index contributed by atoms with van der Waals surface area (Å²) in [5.41, 5.74) is 4.27. The highest BCUT2D eigenvalue weighted by Crippen LogP contribution is 2.31. The van der Waals surface area contributed by atoms with Gasteiger partial charge in [-0.05, 0) is 60.1 Å². The molecule has 3 rings (SSSR count). The van der Waals surface area contributed by atoms with Gasteiger partial charge >= 0.3 is 11.9 Å². The first-order valence-electron chi connectivity index (χ1n) is 13.3. The standard InChI is InChI=1S/C32H37ClO4.2H2O/c1-3-5-7-9-24-11-15-26(16-12-24)21-31(34)36-29-20-19-28(33)23-30(29)37-32(35)22-27-17-13-25(14-18-27)10-8-6-4-2;;/h11-20,23H,3-10,21-22H2,1-2H3;2*1H2. The van der Waals surface area contributed by atoms with Gasteiger partial charge in [0.15, 0.2) is 11.5 Å². The zero-order chi connectivity index (χ0) is 26.5. The lowest BCUT2D eigenvalue weighted by molar-refractivity contribution is -0.136. The molecule has 0 aliphatic heterocycles. The number of ether oxygens (including phenoxy) is 2. The van der Waals surface area contributed by atoms with Crippen LogP contribution in [-0.2, 0) is 35.3 Å². The SMILES string of the molecule is CCCCCc1ccc(CC(=O)Oc2ccc(Cl)cc2OC(=O)Cc2ccc(CCCCC)cc2)cc1.O.O. The van der Waals surface area contributed by atoms with Gasteiger partial charge in [0.05, 0.1) is 12.8 Å². The molecule has 0 saturated heterocycles. The highest BCUT2D eigenvalue weighted by Gasteiger charge is 2.16. The number of carbonyl (C=O) groups is 2. The van der Waals surface area contributed by atoms with Crippen molar-refractivity contribution in [3.63, 3.8) is 0 Å². The fourth-order valence-electron chi connectivity index (χ4n) is 4.10. The number of esters is 2. The van der Waals surface area contributed by atoms with Crippen molar-refractivity contribution in [3.05, 3.63) is 94.0 Å². The maximum atomic E-state index is 12.6. The quantitative estimate of drug-likeness (QED) is 0.129. The summed E-state index contributed by atoms with van der Waals surface area (Å²) in [5, 5.41) is 0.387. The first-order chi connectivity index (χ1) is 18.0. The third kappa shape index (κ3) is 12.0. The van der Waals surface area contributed by atoms with Gasteiger partial charge in [0.25, 0.3) is 0 Å². The van der Waals surface area contributed by atoms with Gasteiger partial charge in [0.2, 0.25) is 0 Å². The van der Waals surface area contributed by atoms with E-state index >= 15 is 0 Å². The number of carbonyl (C=O) groups excluding carboxylic acids is 2. The molecule has 0 fully saturated rings. The van der Waals surface area contributed by atoms with Crippen LogP contribution >= 0.6 is 11.6 Å². The van der Waals surface area contributed by atoms with Gasteiger partial charge < -0.3 is 20.4 Å². The molecule has 7 heteroatoms. The van der Waals surface area contributed by atoms with Crippen molar-refractivity contribution in [2.45, 2.75) is 78.1 Å². The Morgan fingerprint density at radius 3 is 1.44 bits per heavy atom. The van der Waals surface area contributed by atoms with Crippen molar-refractivity contribution < 1.29 is 30.0 Å². The van der Waals surface area contributed by atoms with Crippen molar-refractivity contribution in [3.8, 4) is 11.5 Å². The Morgan fingerprint density at radius 1 is 0.590 bits per heavy atom. The van der Waals surface area contributed by atoms with E-state index in [0.717, 1.165) is 24.0 Å². The molecule has 0 saturated carbocycles. The summed E-state index contributed by atoms with van der Waals surface area (Å²) < 4.78 is 11.1. The minimum Gasteiger partial charge on any atom is -0.422 e. The van der Waals surface area contributed by atoms with E-state index in [0.29, 0.717) is 5.02 Å². The summed E-state index contributed by atoms with van der Waals surface area (Å²) in [6.07, 6.45) is 9.46. The fraction of sp³-hybridized carbons (Fsp3) is 0.375. The van der Waals surface area contributed by atoms with Gasteiger partial charge in [-0.25, -0.2) is 0 Å². The van der Waals surface area contributed by atoms with Crippen molar-refractivity contribution in [1.82, 2.24) is 0 Å². The molecule has 0 bridgehead atoms. The van der Waals surface area contributed by atoms with Crippen LogP contribution in [-0.4, -0.2) is 22.9 Å². The number of unbranched alkanes of at least 4 members (excludes halogenated alkanes) is 4. The van der Waals surface area contributed by atoms with Crippen LogP contribution in [0.3, 0.4) is 0 Å². The van der Waals surface area contributed by atoms with E-state index in [-0.39, 0.29) is 35.3 Å². The minimum absolute atomic E-state index is 0. The number of benzene rings is 3. The van der Waals surface area contributed by atoms with E-state index in [1.165, 1.54) is 55.7 Å². The Balaban J connectivity index is 0.00000380. The molecule has 0 amide bonds. The van der Waals surface area contributed by atoms with Crippen LogP contribution in [0, 0.1) is 0 Å². The van der Waals surface area contributed by atoms with Crippen LogP contribution in [0.5, 0.6) is 11.5 Å². The fourth-order valence-corrected chi connectivity index (χ4v) is 4.26. The predicted molar refractivity (Wildman–Crippen MR) is 157 cm³/mol. The van der Waals surface area contributed by atoms with Crippen molar-refractivity contribution in [2.24, 2.45) is 0 Å². The first kappa shape index (κ1) is 33.8. The summed E-state index contributed by atoms with van der Waals surface area (Å²) in [6, 6.07) is 20.7. The number of hydrogen-bond donors (Lipinski definition) is 0. The highest BCUT2D eigenvalue weighted by atomic mass is 35.5. The number of halogens is 1. The number of aryl methyl sites for hydroxylation is 2. The van der Waals surface area contributed by atoms with Crippen molar-refractivity contribution in [1.29, 1.82) is 0 Å². The summed E-state index contributed by atoms with van der Waals surface area (Å²) in [4.78, 5) is 25.3. The molecule has 0 unspecified atom stereocenters. The summed E-state index contributed by atoms with van der Waals surface area (Å²) >= 11 is 6.12. The first-order valence-corrected chi connectivity index (χ1v) is 13.7. The van der Waals surface area contributed by atoms with Crippen molar-refractivity contribution >= 4 is 23.5 Å². The molecule has 212 valence electrons.